The number of hydrogen-bond donors (Lipinski definition) is 2. The lowest BCUT2D eigenvalue weighted by Gasteiger charge is -2.29. The molecule has 0 unspecified atom stereocenters. The molecule has 1 fully saturated rings. The van der Waals surface area contributed by atoms with E-state index in [1.54, 1.807) is 0 Å². The van der Waals surface area contributed by atoms with Gasteiger partial charge in [-0.15, -0.1) is 0 Å². The predicted molar refractivity (Wildman–Crippen MR) is 59.2 cm³/mol. The van der Waals surface area contributed by atoms with Crippen LogP contribution in [-0.4, -0.2) is 34.7 Å². The summed E-state index contributed by atoms with van der Waals surface area (Å²) in [6.45, 7) is 4.45. The lowest BCUT2D eigenvalue weighted by Crippen LogP contribution is -2.37. The molecule has 2 N–H and O–H groups in total. The lowest BCUT2D eigenvalue weighted by atomic mass is 10.1. The average Bonchev–Trinajstić information content (AvgIpc) is 2.18. The highest BCUT2D eigenvalue weighted by Crippen LogP contribution is 2.14. The molecule has 4 heteroatoms. The normalized spacial score (nSPS) is 18.4. The summed E-state index contributed by atoms with van der Waals surface area (Å²) in [7, 11) is 0. The van der Waals surface area contributed by atoms with Crippen molar-refractivity contribution in [2.45, 2.75) is 33.1 Å². The number of rotatable bonds is 2. The maximum absolute atomic E-state index is 11.3. The third-order valence-corrected chi connectivity index (χ3v) is 2.62. The zero-order valence-electron chi connectivity index (χ0n) is 9.34. The SMILES string of the molecule is CC(=O)C(C(=N)N1CCCCC1)=C(C)O. The number of carbonyl (C=O) groups excluding carboxylic acids is 1. The Morgan fingerprint density at radius 1 is 1.20 bits per heavy atom. The Kier molecular flexibility index (Phi) is 3.88. The number of likely N-dealkylation sites (tertiary alicyclic amines) is 1. The van der Waals surface area contributed by atoms with E-state index in [2.05, 4.69) is 0 Å². The topological polar surface area (TPSA) is 64.4 Å². The minimum absolute atomic E-state index is 0.0573. The molecule has 0 aromatic heterocycles. The zero-order valence-corrected chi connectivity index (χ0v) is 9.34. The molecule has 0 aromatic carbocycles. The van der Waals surface area contributed by atoms with E-state index in [9.17, 15) is 9.90 Å². The molecule has 0 spiro atoms. The summed E-state index contributed by atoms with van der Waals surface area (Å²) in [6.07, 6.45) is 3.29. The Morgan fingerprint density at radius 2 is 1.73 bits per heavy atom. The predicted octanol–water partition coefficient (Wildman–Crippen LogP) is 1.87. The number of nitrogens with zero attached hydrogens (tertiary/aromatic N) is 1. The summed E-state index contributed by atoms with van der Waals surface area (Å²) in [6, 6.07) is 0. The molecule has 4 nitrogen and oxygen atoms in total. The minimum atomic E-state index is -0.245. The van der Waals surface area contributed by atoms with Crippen LogP contribution < -0.4 is 0 Å². The van der Waals surface area contributed by atoms with E-state index in [0.29, 0.717) is 0 Å². The number of nitrogens with one attached hydrogen (secondary N) is 1. The Balaban J connectivity index is 2.81. The lowest BCUT2D eigenvalue weighted by molar-refractivity contribution is -0.113. The minimum Gasteiger partial charge on any atom is -0.512 e. The second-order valence-corrected chi connectivity index (χ2v) is 3.91. The Hall–Kier alpha value is -1.32. The van der Waals surface area contributed by atoms with Crippen molar-refractivity contribution < 1.29 is 9.90 Å². The molecule has 1 heterocycles. The van der Waals surface area contributed by atoms with Gasteiger partial charge in [0.2, 0.25) is 0 Å². The maximum atomic E-state index is 11.3. The first kappa shape index (κ1) is 11.8. The van der Waals surface area contributed by atoms with Gasteiger partial charge in [0.05, 0.1) is 5.57 Å². The Bertz CT molecular complexity index is 298. The fraction of sp³-hybridized carbons (Fsp3) is 0.636. The van der Waals surface area contributed by atoms with E-state index in [1.165, 1.54) is 20.3 Å². The van der Waals surface area contributed by atoms with Crippen LogP contribution in [0.25, 0.3) is 0 Å². The van der Waals surface area contributed by atoms with Crippen molar-refractivity contribution >= 4 is 11.6 Å². The van der Waals surface area contributed by atoms with Gasteiger partial charge in [0.1, 0.15) is 11.6 Å². The summed E-state index contributed by atoms with van der Waals surface area (Å²) in [5.74, 6) is -0.133. The maximum Gasteiger partial charge on any atom is 0.166 e. The number of ketones is 1. The van der Waals surface area contributed by atoms with E-state index in [0.717, 1.165) is 25.9 Å². The largest absolute Gasteiger partial charge is 0.512 e. The first-order valence-electron chi connectivity index (χ1n) is 5.28. The molecule has 0 aromatic rings. The van der Waals surface area contributed by atoms with Crippen molar-refractivity contribution in [3.05, 3.63) is 11.3 Å². The summed E-state index contributed by atoms with van der Waals surface area (Å²) >= 11 is 0. The van der Waals surface area contributed by atoms with Crippen molar-refractivity contribution in [3.63, 3.8) is 0 Å². The van der Waals surface area contributed by atoms with Crippen LogP contribution >= 0.6 is 0 Å². The molecular formula is C11H18N2O2. The van der Waals surface area contributed by atoms with Gasteiger partial charge in [-0.3, -0.25) is 10.2 Å². The van der Waals surface area contributed by atoms with Crippen molar-refractivity contribution in [1.82, 2.24) is 4.90 Å². The number of carbonyl (C=O) groups is 1. The molecule has 1 rings (SSSR count). The molecule has 0 atom stereocenters. The third kappa shape index (κ3) is 2.81. The number of aliphatic hydroxyl groups excluding tert-OH is 1. The molecule has 0 amide bonds. The van der Waals surface area contributed by atoms with E-state index >= 15 is 0 Å². The van der Waals surface area contributed by atoms with Gasteiger partial charge in [-0.2, -0.15) is 0 Å². The van der Waals surface area contributed by atoms with Crippen LogP contribution in [0.4, 0.5) is 0 Å². The number of piperidine rings is 1. The van der Waals surface area contributed by atoms with Crippen molar-refractivity contribution in [2.24, 2.45) is 0 Å². The summed E-state index contributed by atoms with van der Waals surface area (Å²) in [5.41, 5.74) is 0.150. The van der Waals surface area contributed by atoms with Gasteiger partial charge in [-0.1, -0.05) is 0 Å². The molecule has 0 radical (unpaired) electrons. The van der Waals surface area contributed by atoms with Gasteiger partial charge in [0.15, 0.2) is 5.78 Å². The first-order chi connectivity index (χ1) is 7.04. The van der Waals surface area contributed by atoms with Crippen LogP contribution in [0.5, 0.6) is 0 Å². The van der Waals surface area contributed by atoms with Crippen LogP contribution in [0.1, 0.15) is 33.1 Å². The van der Waals surface area contributed by atoms with Crippen LogP contribution in [0, 0.1) is 5.41 Å². The molecule has 0 saturated carbocycles. The summed E-state index contributed by atoms with van der Waals surface area (Å²) < 4.78 is 0. The molecule has 1 aliphatic heterocycles. The second kappa shape index (κ2) is 4.96. The highest BCUT2D eigenvalue weighted by atomic mass is 16.3. The number of hydrogen-bond acceptors (Lipinski definition) is 3. The van der Waals surface area contributed by atoms with Crippen molar-refractivity contribution in [1.29, 1.82) is 5.41 Å². The Labute approximate surface area is 90.1 Å². The standard InChI is InChI=1S/C11H18N2O2/c1-8(14)10(9(2)15)11(12)13-6-4-3-5-7-13/h12,14H,3-7H2,1-2H3. The smallest absolute Gasteiger partial charge is 0.166 e. The van der Waals surface area contributed by atoms with Gasteiger partial charge in [0.25, 0.3) is 0 Å². The fourth-order valence-electron chi connectivity index (χ4n) is 1.87. The number of aliphatic hydroxyl groups is 1. The highest BCUT2D eigenvalue weighted by molar-refractivity contribution is 6.19. The molecule has 1 aliphatic rings. The first-order valence-corrected chi connectivity index (χ1v) is 5.28. The number of amidine groups is 1. The Morgan fingerprint density at radius 3 is 2.13 bits per heavy atom. The summed E-state index contributed by atoms with van der Waals surface area (Å²) in [4.78, 5) is 13.1. The fourth-order valence-corrected chi connectivity index (χ4v) is 1.87. The van der Waals surface area contributed by atoms with E-state index in [-0.39, 0.29) is 23.0 Å². The van der Waals surface area contributed by atoms with Gasteiger partial charge in [0, 0.05) is 13.1 Å². The monoisotopic (exact) mass is 210 g/mol. The molecule has 0 aliphatic carbocycles. The van der Waals surface area contributed by atoms with E-state index in [4.69, 9.17) is 5.41 Å². The molecular weight excluding hydrogens is 192 g/mol. The van der Waals surface area contributed by atoms with Gasteiger partial charge < -0.3 is 10.0 Å². The van der Waals surface area contributed by atoms with E-state index in [1.807, 2.05) is 4.90 Å². The van der Waals surface area contributed by atoms with Crippen LogP contribution in [0.2, 0.25) is 0 Å². The summed E-state index contributed by atoms with van der Waals surface area (Å²) in [5, 5.41) is 17.3. The van der Waals surface area contributed by atoms with Crippen LogP contribution in [0.15, 0.2) is 11.3 Å². The molecule has 1 saturated heterocycles. The number of allylic oxidation sites excluding steroid dienone is 1. The third-order valence-electron chi connectivity index (χ3n) is 2.62. The van der Waals surface area contributed by atoms with Gasteiger partial charge >= 0.3 is 0 Å². The van der Waals surface area contributed by atoms with Crippen molar-refractivity contribution in [2.75, 3.05) is 13.1 Å². The molecule has 0 bridgehead atoms. The quantitative estimate of drug-likeness (QED) is 0.316. The average molecular weight is 210 g/mol. The van der Waals surface area contributed by atoms with Crippen LogP contribution in [0.3, 0.4) is 0 Å². The van der Waals surface area contributed by atoms with Crippen LogP contribution in [-0.2, 0) is 4.79 Å². The zero-order chi connectivity index (χ0) is 11.4. The second-order valence-electron chi connectivity index (χ2n) is 3.91. The van der Waals surface area contributed by atoms with Crippen molar-refractivity contribution in [3.8, 4) is 0 Å². The van der Waals surface area contributed by atoms with Gasteiger partial charge in [-0.25, -0.2) is 0 Å². The molecule has 15 heavy (non-hydrogen) atoms. The van der Waals surface area contributed by atoms with E-state index < -0.39 is 0 Å². The van der Waals surface area contributed by atoms with Gasteiger partial charge in [-0.05, 0) is 33.1 Å². The highest BCUT2D eigenvalue weighted by Gasteiger charge is 2.21. The molecule has 84 valence electrons. The number of Topliss-reactive ketones (excluding diaryl/α,β-unsaturated/α-hetero) is 1.